The van der Waals surface area contributed by atoms with Crippen molar-refractivity contribution in [1.82, 2.24) is 5.06 Å². The molecule has 0 aliphatic carbocycles. The third-order valence-corrected chi connectivity index (χ3v) is 3.32. The average Bonchev–Trinajstić information content (AvgIpc) is 2.27. The van der Waals surface area contributed by atoms with Crippen molar-refractivity contribution in [3.05, 3.63) is 0 Å². The summed E-state index contributed by atoms with van der Waals surface area (Å²) in [4.78, 5) is 4.58. The van der Waals surface area contributed by atoms with Gasteiger partial charge in [-0.1, -0.05) is 13.8 Å². The molecular weight excluding hydrogens is 164 g/mol. The van der Waals surface area contributed by atoms with Crippen LogP contribution >= 0.6 is 0 Å². The quantitative estimate of drug-likeness (QED) is 0.715. The molecule has 0 atom stereocenters. The maximum Gasteiger partial charge on any atom is 0.135 e. The van der Waals surface area contributed by atoms with Crippen LogP contribution in [0.5, 0.6) is 0 Å². The minimum Gasteiger partial charge on any atom is -0.311 e. The van der Waals surface area contributed by atoms with Crippen molar-refractivity contribution >= 4 is 5.71 Å². The van der Waals surface area contributed by atoms with E-state index in [2.05, 4.69) is 18.8 Å². The van der Waals surface area contributed by atoms with Crippen molar-refractivity contribution in [2.24, 2.45) is 4.99 Å². The zero-order valence-electron chi connectivity index (χ0n) is 9.26. The standard InChI is InChI=1S/C10H20N2O/c1-6-10(7-2)11-8(3)9(4,5)12(10)13/h13H,6-7H2,1-5H3. The first-order valence-electron chi connectivity index (χ1n) is 4.97. The molecule has 13 heavy (non-hydrogen) atoms. The lowest BCUT2D eigenvalue weighted by atomic mass is 9.98. The molecule has 0 radical (unpaired) electrons. The molecule has 1 N–H and O–H groups in total. The van der Waals surface area contributed by atoms with Crippen LogP contribution in [0.15, 0.2) is 4.99 Å². The number of nitrogens with zero attached hydrogens (tertiary/aromatic N) is 2. The van der Waals surface area contributed by atoms with E-state index >= 15 is 0 Å². The fraction of sp³-hybridized carbons (Fsp3) is 0.900. The van der Waals surface area contributed by atoms with E-state index < -0.39 is 0 Å². The number of hydroxylamine groups is 2. The monoisotopic (exact) mass is 184 g/mol. The van der Waals surface area contributed by atoms with Gasteiger partial charge in [-0.05, 0) is 33.6 Å². The third kappa shape index (κ3) is 1.30. The Bertz CT molecular complexity index is 229. The highest BCUT2D eigenvalue weighted by molar-refractivity contribution is 5.92. The summed E-state index contributed by atoms with van der Waals surface area (Å²) in [5.74, 6) is 0. The Morgan fingerprint density at radius 1 is 1.31 bits per heavy atom. The molecule has 0 aromatic rings. The summed E-state index contributed by atoms with van der Waals surface area (Å²) in [6.07, 6.45) is 1.70. The summed E-state index contributed by atoms with van der Waals surface area (Å²) < 4.78 is 0. The maximum absolute atomic E-state index is 10.1. The van der Waals surface area contributed by atoms with Gasteiger partial charge in [0.15, 0.2) is 0 Å². The van der Waals surface area contributed by atoms with E-state index in [1.807, 2.05) is 20.8 Å². The Labute approximate surface area is 80.4 Å². The molecule has 0 saturated carbocycles. The predicted octanol–water partition coefficient (Wildman–Crippen LogP) is 2.45. The minimum absolute atomic E-state index is 0.313. The molecule has 0 amide bonds. The molecule has 76 valence electrons. The van der Waals surface area contributed by atoms with Gasteiger partial charge in [-0.3, -0.25) is 4.99 Å². The Morgan fingerprint density at radius 2 is 1.77 bits per heavy atom. The highest BCUT2D eigenvalue weighted by atomic mass is 16.5. The highest BCUT2D eigenvalue weighted by Gasteiger charge is 2.48. The summed E-state index contributed by atoms with van der Waals surface area (Å²) in [7, 11) is 0. The molecule has 0 spiro atoms. The number of hydrogen-bond acceptors (Lipinski definition) is 3. The summed E-state index contributed by atoms with van der Waals surface area (Å²) in [6.45, 7) is 10.1. The lowest BCUT2D eigenvalue weighted by Crippen LogP contribution is -2.51. The van der Waals surface area contributed by atoms with E-state index in [4.69, 9.17) is 0 Å². The second-order valence-electron chi connectivity index (χ2n) is 4.26. The molecule has 1 heterocycles. The van der Waals surface area contributed by atoms with E-state index in [1.165, 1.54) is 5.06 Å². The molecule has 1 aliphatic rings. The number of rotatable bonds is 2. The smallest absolute Gasteiger partial charge is 0.135 e. The number of aliphatic imine (C=N–C) groups is 1. The summed E-state index contributed by atoms with van der Waals surface area (Å²) in [5.41, 5.74) is 0.318. The molecule has 1 aliphatic heterocycles. The molecular formula is C10H20N2O. The largest absolute Gasteiger partial charge is 0.311 e. The van der Waals surface area contributed by atoms with Crippen LogP contribution in [-0.2, 0) is 0 Å². The zero-order valence-corrected chi connectivity index (χ0v) is 9.26. The molecule has 0 saturated heterocycles. The van der Waals surface area contributed by atoms with Crippen LogP contribution in [0.25, 0.3) is 0 Å². The summed E-state index contributed by atoms with van der Waals surface area (Å²) >= 11 is 0. The normalized spacial score (nSPS) is 26.2. The zero-order chi connectivity index (χ0) is 10.3. The SMILES string of the molecule is CCC1(CC)N=C(C)C(C)(C)N1O. The van der Waals surface area contributed by atoms with E-state index in [9.17, 15) is 5.21 Å². The lowest BCUT2D eigenvalue weighted by molar-refractivity contribution is -0.201. The number of hydrogen-bond donors (Lipinski definition) is 1. The maximum atomic E-state index is 10.1. The van der Waals surface area contributed by atoms with Crippen molar-refractivity contribution in [3.8, 4) is 0 Å². The van der Waals surface area contributed by atoms with E-state index in [0.29, 0.717) is 0 Å². The van der Waals surface area contributed by atoms with Crippen molar-refractivity contribution in [3.63, 3.8) is 0 Å². The van der Waals surface area contributed by atoms with Crippen LogP contribution in [0.3, 0.4) is 0 Å². The van der Waals surface area contributed by atoms with Crippen molar-refractivity contribution in [2.75, 3.05) is 0 Å². The van der Waals surface area contributed by atoms with Gasteiger partial charge in [0.25, 0.3) is 0 Å². The minimum atomic E-state index is -0.381. The molecule has 1 rings (SSSR count). The first-order chi connectivity index (χ1) is 5.90. The van der Waals surface area contributed by atoms with E-state index in [1.54, 1.807) is 0 Å². The van der Waals surface area contributed by atoms with E-state index in [0.717, 1.165) is 18.6 Å². The second-order valence-corrected chi connectivity index (χ2v) is 4.26. The fourth-order valence-electron chi connectivity index (χ4n) is 1.88. The Balaban J connectivity index is 3.07. The molecule has 3 heteroatoms. The van der Waals surface area contributed by atoms with Gasteiger partial charge in [-0.25, -0.2) is 0 Å². The Kier molecular flexibility index (Phi) is 2.52. The first-order valence-corrected chi connectivity index (χ1v) is 4.97. The van der Waals surface area contributed by atoms with Crippen LogP contribution in [0.1, 0.15) is 47.5 Å². The fourth-order valence-corrected chi connectivity index (χ4v) is 1.88. The van der Waals surface area contributed by atoms with Crippen molar-refractivity contribution in [1.29, 1.82) is 0 Å². The van der Waals surface area contributed by atoms with Gasteiger partial charge in [0.1, 0.15) is 5.66 Å². The van der Waals surface area contributed by atoms with Crippen molar-refractivity contribution in [2.45, 2.75) is 58.7 Å². The van der Waals surface area contributed by atoms with Gasteiger partial charge in [-0.15, -0.1) is 0 Å². The van der Waals surface area contributed by atoms with Crippen LogP contribution in [0, 0.1) is 0 Å². The first kappa shape index (κ1) is 10.7. The van der Waals surface area contributed by atoms with Crippen molar-refractivity contribution < 1.29 is 5.21 Å². The van der Waals surface area contributed by atoms with Crippen LogP contribution in [0.2, 0.25) is 0 Å². The molecule has 0 unspecified atom stereocenters. The van der Waals surface area contributed by atoms with E-state index in [-0.39, 0.29) is 11.2 Å². The molecule has 3 nitrogen and oxygen atoms in total. The second kappa shape index (κ2) is 3.07. The summed E-state index contributed by atoms with van der Waals surface area (Å²) in [5, 5.41) is 11.5. The average molecular weight is 184 g/mol. The lowest BCUT2D eigenvalue weighted by Gasteiger charge is -2.37. The molecule has 0 aromatic heterocycles. The Hall–Kier alpha value is -0.410. The Morgan fingerprint density at radius 3 is 1.92 bits per heavy atom. The van der Waals surface area contributed by atoms with Crippen LogP contribution in [-0.4, -0.2) is 27.2 Å². The highest BCUT2D eigenvalue weighted by Crippen LogP contribution is 2.37. The van der Waals surface area contributed by atoms with Crippen LogP contribution in [0.4, 0.5) is 0 Å². The topological polar surface area (TPSA) is 35.8 Å². The van der Waals surface area contributed by atoms with Gasteiger partial charge in [0, 0.05) is 5.71 Å². The van der Waals surface area contributed by atoms with Gasteiger partial charge < -0.3 is 5.21 Å². The molecule has 0 fully saturated rings. The third-order valence-electron chi connectivity index (χ3n) is 3.32. The van der Waals surface area contributed by atoms with Gasteiger partial charge in [0.05, 0.1) is 5.54 Å². The molecule has 0 bridgehead atoms. The molecule has 0 aromatic carbocycles. The van der Waals surface area contributed by atoms with Gasteiger partial charge in [0.2, 0.25) is 0 Å². The van der Waals surface area contributed by atoms with Crippen LogP contribution < -0.4 is 0 Å². The van der Waals surface area contributed by atoms with Gasteiger partial charge in [-0.2, -0.15) is 5.06 Å². The van der Waals surface area contributed by atoms with Gasteiger partial charge >= 0.3 is 0 Å². The predicted molar refractivity (Wildman–Crippen MR) is 54.1 cm³/mol. The summed E-state index contributed by atoms with van der Waals surface area (Å²) in [6, 6.07) is 0.